The van der Waals surface area contributed by atoms with Gasteiger partial charge in [0, 0.05) is 11.7 Å². The molecule has 1 aromatic heterocycles. The molecule has 2 aliphatic rings. The molecule has 0 aliphatic heterocycles. The molecule has 1 aromatic rings. The molecule has 0 atom stereocenters. The second kappa shape index (κ2) is 4.81. The average Bonchev–Trinajstić information content (AvgIpc) is 3.29. The van der Waals surface area contributed by atoms with Crippen LogP contribution in [0.15, 0.2) is 4.34 Å². The third-order valence-corrected chi connectivity index (χ3v) is 5.77. The summed E-state index contributed by atoms with van der Waals surface area (Å²) in [5, 5.41) is 0. The van der Waals surface area contributed by atoms with E-state index in [1.54, 1.807) is 11.8 Å². The summed E-state index contributed by atoms with van der Waals surface area (Å²) in [5.41, 5.74) is 0.170. The third kappa shape index (κ3) is 2.85. The molecule has 0 N–H and O–H groups in total. The van der Waals surface area contributed by atoms with E-state index >= 15 is 0 Å². The van der Waals surface area contributed by atoms with E-state index < -0.39 is 0 Å². The minimum absolute atomic E-state index is 0.0935. The van der Waals surface area contributed by atoms with Gasteiger partial charge in [0.1, 0.15) is 5.82 Å². The van der Waals surface area contributed by atoms with Crippen molar-refractivity contribution < 1.29 is 9.53 Å². The maximum absolute atomic E-state index is 11.3. The summed E-state index contributed by atoms with van der Waals surface area (Å²) in [6.07, 6.45) is 5.29. The fraction of sp³-hybridized carbons (Fsp3) is 0.750. The number of rotatable bonds is 6. The number of nitrogens with zero attached hydrogens (tertiary/aromatic N) is 2. The van der Waals surface area contributed by atoms with Crippen LogP contribution in [-0.4, -0.2) is 28.2 Å². The molecule has 0 spiro atoms. The lowest BCUT2D eigenvalue weighted by Gasteiger charge is -2.11. The summed E-state index contributed by atoms with van der Waals surface area (Å²) in [6, 6.07) is 0. The molecule has 3 rings (SSSR count). The zero-order chi connectivity index (χ0) is 12.6. The summed E-state index contributed by atoms with van der Waals surface area (Å²) in [5.74, 6) is 2.52. The highest BCUT2D eigenvalue weighted by Gasteiger charge is 2.44. The van der Waals surface area contributed by atoms with Crippen LogP contribution in [0.25, 0.3) is 0 Å². The average molecular weight is 284 g/mol. The Labute approximate surface area is 115 Å². The zero-order valence-corrected chi connectivity index (χ0v) is 12.0. The van der Waals surface area contributed by atoms with Crippen molar-refractivity contribution in [2.75, 3.05) is 12.9 Å². The molecule has 18 heavy (non-hydrogen) atoms. The van der Waals surface area contributed by atoms with Gasteiger partial charge in [0.25, 0.3) is 0 Å². The number of carbonyl (C=O) groups is 1. The maximum Gasteiger partial charge on any atom is 0.306 e. The van der Waals surface area contributed by atoms with E-state index in [9.17, 15) is 4.79 Å². The standard InChI is InChI=1S/C12H16N2O2S2/c1-16-9(15)6-12(4-5-12)7-17-11-13-10(14-18-11)8-2-3-8/h8H,2-7H2,1H3. The summed E-state index contributed by atoms with van der Waals surface area (Å²) >= 11 is 3.24. The highest BCUT2D eigenvalue weighted by atomic mass is 32.2. The Morgan fingerprint density at radius 2 is 2.33 bits per heavy atom. The highest BCUT2D eigenvalue weighted by Crippen LogP contribution is 2.52. The Balaban J connectivity index is 1.52. The van der Waals surface area contributed by atoms with Crippen LogP contribution in [-0.2, 0) is 9.53 Å². The summed E-state index contributed by atoms with van der Waals surface area (Å²) in [6.45, 7) is 0. The lowest BCUT2D eigenvalue weighted by atomic mass is 10.1. The van der Waals surface area contributed by atoms with Gasteiger partial charge in [0.2, 0.25) is 0 Å². The van der Waals surface area contributed by atoms with E-state index in [0.29, 0.717) is 12.3 Å². The summed E-state index contributed by atoms with van der Waals surface area (Å²) < 4.78 is 10.2. The van der Waals surface area contributed by atoms with Gasteiger partial charge in [-0.15, -0.1) is 0 Å². The van der Waals surface area contributed by atoms with Crippen LogP contribution in [0.1, 0.15) is 43.8 Å². The Bertz CT molecular complexity index is 453. The van der Waals surface area contributed by atoms with Crippen LogP contribution in [0.3, 0.4) is 0 Å². The lowest BCUT2D eigenvalue weighted by molar-refractivity contribution is -0.141. The van der Waals surface area contributed by atoms with E-state index in [0.717, 1.165) is 28.8 Å². The van der Waals surface area contributed by atoms with Crippen LogP contribution in [0.4, 0.5) is 0 Å². The smallest absolute Gasteiger partial charge is 0.306 e. The Hall–Kier alpha value is -0.620. The first-order valence-electron chi connectivity index (χ1n) is 6.24. The van der Waals surface area contributed by atoms with Crippen LogP contribution < -0.4 is 0 Å². The first-order valence-corrected chi connectivity index (χ1v) is 8.00. The van der Waals surface area contributed by atoms with Crippen molar-refractivity contribution in [3.05, 3.63) is 5.82 Å². The normalized spacial score (nSPS) is 20.7. The second-order valence-electron chi connectivity index (χ2n) is 5.23. The van der Waals surface area contributed by atoms with Gasteiger partial charge in [-0.3, -0.25) is 4.79 Å². The quantitative estimate of drug-likeness (QED) is 0.594. The topological polar surface area (TPSA) is 52.1 Å². The van der Waals surface area contributed by atoms with Crippen LogP contribution in [0, 0.1) is 5.41 Å². The van der Waals surface area contributed by atoms with Crippen molar-refractivity contribution >= 4 is 29.3 Å². The molecule has 0 radical (unpaired) electrons. The molecule has 0 unspecified atom stereocenters. The number of hydrogen-bond donors (Lipinski definition) is 0. The fourth-order valence-electron chi connectivity index (χ4n) is 1.93. The SMILES string of the molecule is COC(=O)CC1(CSc2nc(C3CC3)ns2)CC1. The molecule has 2 fully saturated rings. The lowest BCUT2D eigenvalue weighted by Crippen LogP contribution is -2.12. The number of thioether (sulfide) groups is 1. The van der Waals surface area contributed by atoms with Gasteiger partial charge in [0.05, 0.1) is 13.5 Å². The molecule has 0 saturated heterocycles. The van der Waals surface area contributed by atoms with Crippen molar-refractivity contribution in [3.8, 4) is 0 Å². The maximum atomic E-state index is 11.3. The van der Waals surface area contributed by atoms with E-state index in [4.69, 9.17) is 4.74 Å². The van der Waals surface area contributed by atoms with Crippen molar-refractivity contribution in [3.63, 3.8) is 0 Å². The van der Waals surface area contributed by atoms with Gasteiger partial charge >= 0.3 is 5.97 Å². The van der Waals surface area contributed by atoms with E-state index in [-0.39, 0.29) is 11.4 Å². The molecule has 2 saturated carbocycles. The van der Waals surface area contributed by atoms with Crippen molar-refractivity contribution in [1.82, 2.24) is 9.36 Å². The van der Waals surface area contributed by atoms with E-state index in [1.807, 2.05) is 0 Å². The van der Waals surface area contributed by atoms with Gasteiger partial charge in [-0.2, -0.15) is 4.37 Å². The number of hydrogen-bond acceptors (Lipinski definition) is 6. The minimum atomic E-state index is -0.0935. The Morgan fingerprint density at radius 3 is 2.94 bits per heavy atom. The van der Waals surface area contributed by atoms with Gasteiger partial charge < -0.3 is 4.74 Å². The second-order valence-corrected chi connectivity index (χ2v) is 7.21. The number of methoxy groups -OCH3 is 1. The monoisotopic (exact) mass is 284 g/mol. The summed E-state index contributed by atoms with van der Waals surface area (Å²) in [4.78, 5) is 15.9. The van der Waals surface area contributed by atoms with Gasteiger partial charge in [-0.25, -0.2) is 4.98 Å². The fourth-order valence-corrected chi connectivity index (χ4v) is 3.90. The Kier molecular flexibility index (Phi) is 3.32. The van der Waals surface area contributed by atoms with Crippen LogP contribution in [0.5, 0.6) is 0 Å². The van der Waals surface area contributed by atoms with Crippen molar-refractivity contribution in [2.45, 2.75) is 42.4 Å². The van der Waals surface area contributed by atoms with E-state index in [1.165, 1.54) is 31.5 Å². The first-order chi connectivity index (χ1) is 8.71. The molecule has 98 valence electrons. The molecular weight excluding hydrogens is 268 g/mol. The van der Waals surface area contributed by atoms with Crippen LogP contribution >= 0.6 is 23.3 Å². The first kappa shape index (κ1) is 12.4. The molecule has 6 heteroatoms. The van der Waals surface area contributed by atoms with Crippen molar-refractivity contribution in [1.29, 1.82) is 0 Å². The Morgan fingerprint density at radius 1 is 1.56 bits per heavy atom. The molecule has 1 heterocycles. The van der Waals surface area contributed by atoms with E-state index in [2.05, 4.69) is 9.36 Å². The third-order valence-electron chi connectivity index (χ3n) is 3.57. The molecule has 2 aliphatic carbocycles. The molecule has 4 nitrogen and oxygen atoms in total. The number of esters is 1. The van der Waals surface area contributed by atoms with Gasteiger partial charge in [0.15, 0.2) is 4.34 Å². The minimum Gasteiger partial charge on any atom is -0.469 e. The van der Waals surface area contributed by atoms with Crippen molar-refractivity contribution in [2.24, 2.45) is 5.41 Å². The number of aromatic nitrogens is 2. The molecule has 0 amide bonds. The molecule has 0 aromatic carbocycles. The predicted octanol–water partition coefficient (Wildman–Crippen LogP) is 2.85. The molecule has 0 bridgehead atoms. The summed E-state index contributed by atoms with van der Waals surface area (Å²) in [7, 11) is 1.46. The highest BCUT2D eigenvalue weighted by molar-refractivity contribution is 8.00. The number of carbonyl (C=O) groups excluding carboxylic acids is 1. The zero-order valence-electron chi connectivity index (χ0n) is 10.3. The molecular formula is C12H16N2O2S2. The number of ether oxygens (including phenoxy) is 1. The largest absolute Gasteiger partial charge is 0.469 e. The van der Waals surface area contributed by atoms with Gasteiger partial charge in [-0.1, -0.05) is 11.8 Å². The van der Waals surface area contributed by atoms with Gasteiger partial charge in [-0.05, 0) is 42.6 Å². The van der Waals surface area contributed by atoms with Crippen LogP contribution in [0.2, 0.25) is 0 Å². The predicted molar refractivity (Wildman–Crippen MR) is 70.9 cm³/mol.